The highest BCUT2D eigenvalue weighted by Crippen LogP contribution is 2.34. The lowest BCUT2D eigenvalue weighted by Gasteiger charge is -2.11. The number of hydrogen-bond donors (Lipinski definition) is 1. The molecule has 0 saturated carbocycles. The first-order chi connectivity index (χ1) is 17.9. The lowest BCUT2D eigenvalue weighted by atomic mass is 9.99. The van der Waals surface area contributed by atoms with Gasteiger partial charge in [-0.2, -0.15) is 0 Å². The van der Waals surface area contributed by atoms with E-state index < -0.39 is 23.1 Å². The van der Waals surface area contributed by atoms with Crippen LogP contribution in [0.3, 0.4) is 0 Å². The van der Waals surface area contributed by atoms with Gasteiger partial charge in [0.2, 0.25) is 0 Å². The average Bonchev–Trinajstić information content (AvgIpc) is 3.34. The number of aromatic nitrogens is 2. The SMILES string of the molecule is COc1cnc2c(c1)C(c1cccc(CNC(=O)c3cccn(Cc4ccc(F)c(F)c4)c3=O)c1)=CC2. The molecule has 8 heteroatoms. The van der Waals surface area contributed by atoms with Gasteiger partial charge in [-0.25, -0.2) is 8.78 Å². The molecule has 186 valence electrons. The summed E-state index contributed by atoms with van der Waals surface area (Å²) in [6.45, 7) is 0.232. The van der Waals surface area contributed by atoms with Gasteiger partial charge in [0.25, 0.3) is 11.5 Å². The number of amides is 1. The van der Waals surface area contributed by atoms with Crippen molar-refractivity contribution in [1.82, 2.24) is 14.9 Å². The smallest absolute Gasteiger partial charge is 0.263 e. The monoisotopic (exact) mass is 499 g/mol. The van der Waals surface area contributed by atoms with Crippen LogP contribution in [0.4, 0.5) is 8.78 Å². The number of nitrogens with one attached hydrogen (secondary N) is 1. The van der Waals surface area contributed by atoms with Crippen molar-refractivity contribution < 1.29 is 18.3 Å². The van der Waals surface area contributed by atoms with Crippen LogP contribution in [0.5, 0.6) is 5.75 Å². The molecule has 1 aliphatic carbocycles. The molecule has 0 atom stereocenters. The van der Waals surface area contributed by atoms with Crippen LogP contribution in [0.15, 0.2) is 83.9 Å². The number of pyridine rings is 2. The lowest BCUT2D eigenvalue weighted by Crippen LogP contribution is -2.32. The Morgan fingerprint density at radius 3 is 2.73 bits per heavy atom. The number of carbonyl (C=O) groups excluding carboxylic acids is 1. The van der Waals surface area contributed by atoms with Crippen molar-refractivity contribution in [1.29, 1.82) is 0 Å². The third-order valence-electron chi connectivity index (χ3n) is 6.26. The van der Waals surface area contributed by atoms with Gasteiger partial charge in [-0.15, -0.1) is 0 Å². The summed E-state index contributed by atoms with van der Waals surface area (Å²) in [7, 11) is 1.61. The maximum atomic E-state index is 13.5. The molecule has 0 fully saturated rings. The van der Waals surface area contributed by atoms with E-state index in [1.165, 1.54) is 22.9 Å². The first-order valence-electron chi connectivity index (χ1n) is 11.7. The van der Waals surface area contributed by atoms with E-state index in [-0.39, 0.29) is 18.7 Å². The second-order valence-corrected chi connectivity index (χ2v) is 8.68. The molecule has 1 amide bonds. The molecule has 1 N–H and O–H groups in total. The van der Waals surface area contributed by atoms with Crippen LogP contribution in [0.1, 0.15) is 38.3 Å². The maximum Gasteiger partial charge on any atom is 0.263 e. The largest absolute Gasteiger partial charge is 0.495 e. The minimum absolute atomic E-state index is 0.00935. The third kappa shape index (κ3) is 5.04. The first-order valence-corrected chi connectivity index (χ1v) is 11.7. The predicted octanol–water partition coefficient (Wildman–Crippen LogP) is 4.50. The van der Waals surface area contributed by atoms with E-state index in [9.17, 15) is 18.4 Å². The van der Waals surface area contributed by atoms with Gasteiger partial charge in [-0.3, -0.25) is 14.6 Å². The lowest BCUT2D eigenvalue weighted by molar-refractivity contribution is 0.0948. The maximum absolute atomic E-state index is 13.5. The molecular formula is C29H23F2N3O3. The number of rotatable bonds is 7. The second kappa shape index (κ2) is 10.2. The molecule has 0 saturated heterocycles. The van der Waals surface area contributed by atoms with E-state index in [0.29, 0.717) is 11.3 Å². The fraction of sp³-hybridized carbons (Fsp3) is 0.138. The van der Waals surface area contributed by atoms with Crippen molar-refractivity contribution in [2.75, 3.05) is 7.11 Å². The Morgan fingerprint density at radius 2 is 1.92 bits per heavy atom. The number of nitrogens with zero attached hydrogens (tertiary/aromatic N) is 2. The summed E-state index contributed by atoms with van der Waals surface area (Å²) in [5.41, 5.74) is 4.77. The number of benzene rings is 2. The summed E-state index contributed by atoms with van der Waals surface area (Å²) in [6.07, 6.45) is 6.06. The Bertz CT molecular complexity index is 1590. The predicted molar refractivity (Wildman–Crippen MR) is 135 cm³/mol. The van der Waals surface area contributed by atoms with Gasteiger partial charge >= 0.3 is 0 Å². The average molecular weight is 500 g/mol. The summed E-state index contributed by atoms with van der Waals surface area (Å²) in [5, 5.41) is 2.81. The molecule has 1 aliphatic rings. The van der Waals surface area contributed by atoms with E-state index in [1.54, 1.807) is 19.4 Å². The molecule has 5 rings (SSSR count). The van der Waals surface area contributed by atoms with Gasteiger partial charge in [0.1, 0.15) is 11.3 Å². The van der Waals surface area contributed by atoms with Crippen molar-refractivity contribution in [2.45, 2.75) is 19.5 Å². The number of allylic oxidation sites excluding steroid dienone is 1. The minimum atomic E-state index is -0.992. The summed E-state index contributed by atoms with van der Waals surface area (Å²) in [6, 6.07) is 16.2. The van der Waals surface area contributed by atoms with Gasteiger partial charge in [-0.05, 0) is 58.7 Å². The van der Waals surface area contributed by atoms with Crippen molar-refractivity contribution in [2.24, 2.45) is 0 Å². The van der Waals surface area contributed by atoms with E-state index in [1.807, 2.05) is 30.3 Å². The van der Waals surface area contributed by atoms with Crippen molar-refractivity contribution >= 4 is 11.5 Å². The van der Waals surface area contributed by atoms with E-state index in [0.717, 1.165) is 46.5 Å². The molecule has 0 spiro atoms. The standard InChI is InChI=1S/C29H23F2N3O3/c1-37-21-14-24-22(8-10-27(24)32-16-21)20-5-2-4-18(12-20)15-33-28(35)23-6-3-11-34(29(23)36)17-19-7-9-25(30)26(31)13-19/h2-9,11-14,16H,10,15,17H2,1H3,(H,33,35). The van der Waals surface area contributed by atoms with Crippen LogP contribution in [0.25, 0.3) is 5.57 Å². The Labute approximate surface area is 211 Å². The zero-order valence-corrected chi connectivity index (χ0v) is 20.0. The minimum Gasteiger partial charge on any atom is -0.495 e. The Hall–Kier alpha value is -4.59. The molecule has 0 bridgehead atoms. The second-order valence-electron chi connectivity index (χ2n) is 8.68. The first kappa shape index (κ1) is 24.1. The molecule has 2 aromatic carbocycles. The molecule has 2 heterocycles. The third-order valence-corrected chi connectivity index (χ3v) is 6.26. The van der Waals surface area contributed by atoms with Crippen LogP contribution in [-0.2, 0) is 19.5 Å². The van der Waals surface area contributed by atoms with Crippen LogP contribution in [0, 0.1) is 11.6 Å². The number of fused-ring (bicyclic) bond motifs is 1. The van der Waals surface area contributed by atoms with Gasteiger partial charge < -0.3 is 14.6 Å². The van der Waals surface area contributed by atoms with Crippen LogP contribution in [-0.4, -0.2) is 22.6 Å². The highest BCUT2D eigenvalue weighted by atomic mass is 19.2. The number of hydrogen-bond acceptors (Lipinski definition) is 4. The topological polar surface area (TPSA) is 73.2 Å². The van der Waals surface area contributed by atoms with Gasteiger partial charge in [0, 0.05) is 24.7 Å². The number of carbonyl (C=O) groups is 1. The quantitative estimate of drug-likeness (QED) is 0.407. The summed E-state index contributed by atoms with van der Waals surface area (Å²) >= 11 is 0. The fourth-order valence-electron chi connectivity index (χ4n) is 4.36. The molecule has 0 unspecified atom stereocenters. The van der Waals surface area contributed by atoms with Crippen molar-refractivity contribution in [3.05, 3.63) is 135 Å². The molecule has 37 heavy (non-hydrogen) atoms. The Balaban J connectivity index is 1.30. The molecule has 0 radical (unpaired) electrons. The van der Waals surface area contributed by atoms with Crippen LogP contribution >= 0.6 is 0 Å². The molecule has 2 aromatic heterocycles. The van der Waals surface area contributed by atoms with Crippen LogP contribution < -0.4 is 15.6 Å². The van der Waals surface area contributed by atoms with Crippen molar-refractivity contribution in [3.63, 3.8) is 0 Å². The zero-order valence-electron chi connectivity index (χ0n) is 20.0. The van der Waals surface area contributed by atoms with Crippen LogP contribution in [0.2, 0.25) is 0 Å². The summed E-state index contributed by atoms with van der Waals surface area (Å²) in [4.78, 5) is 30.2. The number of ether oxygens (including phenoxy) is 1. The summed E-state index contributed by atoms with van der Waals surface area (Å²) < 4.78 is 33.4. The molecular weight excluding hydrogens is 476 g/mol. The van der Waals surface area contributed by atoms with Gasteiger partial charge in [0.05, 0.1) is 25.5 Å². The van der Waals surface area contributed by atoms with E-state index in [4.69, 9.17) is 4.74 Å². The Morgan fingerprint density at radius 1 is 1.05 bits per heavy atom. The molecule has 4 aromatic rings. The molecule has 0 aliphatic heterocycles. The number of methoxy groups -OCH3 is 1. The highest BCUT2D eigenvalue weighted by Gasteiger charge is 2.18. The Kier molecular flexibility index (Phi) is 6.64. The normalized spacial score (nSPS) is 12.1. The van der Waals surface area contributed by atoms with E-state index in [2.05, 4.69) is 16.4 Å². The number of halogens is 2. The van der Waals surface area contributed by atoms with Crippen molar-refractivity contribution in [3.8, 4) is 5.75 Å². The highest BCUT2D eigenvalue weighted by molar-refractivity contribution is 5.93. The molecule has 6 nitrogen and oxygen atoms in total. The van der Waals surface area contributed by atoms with E-state index >= 15 is 0 Å². The zero-order chi connectivity index (χ0) is 25.9. The van der Waals surface area contributed by atoms with Gasteiger partial charge in [-0.1, -0.05) is 30.3 Å². The van der Waals surface area contributed by atoms with Gasteiger partial charge in [0.15, 0.2) is 11.6 Å². The summed E-state index contributed by atoms with van der Waals surface area (Å²) in [5.74, 6) is -1.78. The fourth-order valence-corrected chi connectivity index (χ4v) is 4.36.